The zero-order valence-corrected chi connectivity index (χ0v) is 16.6. The Hall–Kier alpha value is -3.73. The van der Waals surface area contributed by atoms with Crippen molar-refractivity contribution in [3.8, 4) is 0 Å². The molecule has 0 N–H and O–H groups in total. The zero-order chi connectivity index (χ0) is 20.7. The average Bonchev–Trinajstić information content (AvgIpc) is 3.54. The summed E-state index contributed by atoms with van der Waals surface area (Å²) < 4.78 is 1.62. The van der Waals surface area contributed by atoms with Crippen LogP contribution < -0.4 is 10.6 Å². The lowest BCUT2D eigenvalue weighted by Gasteiger charge is -2.15. The predicted molar refractivity (Wildman–Crippen MR) is 117 cm³/mol. The highest BCUT2D eigenvalue weighted by Crippen LogP contribution is 2.42. The first kappa shape index (κ1) is 18.3. The van der Waals surface area contributed by atoms with Crippen molar-refractivity contribution >= 4 is 16.7 Å². The lowest BCUT2D eigenvalue weighted by molar-refractivity contribution is 0.0988. The summed E-state index contributed by atoms with van der Waals surface area (Å²) in [4.78, 5) is 31.5. The van der Waals surface area contributed by atoms with Crippen LogP contribution in [0, 0.1) is 0 Å². The second-order valence-electron chi connectivity index (χ2n) is 7.43. The number of ketones is 1. The van der Waals surface area contributed by atoms with Crippen molar-refractivity contribution in [3.05, 3.63) is 112 Å². The first-order chi connectivity index (χ1) is 14.7. The Kier molecular flexibility index (Phi) is 4.43. The molecular formula is C25H21N3O2. The predicted octanol–water partition coefficient (Wildman–Crippen LogP) is 3.90. The van der Waals surface area contributed by atoms with Gasteiger partial charge in [0.1, 0.15) is 17.9 Å². The molecule has 5 nitrogen and oxygen atoms in total. The number of hydrogen-bond donors (Lipinski definition) is 0. The molecule has 2 heterocycles. The molecule has 1 aliphatic rings. The number of Topliss-reactive ketones (excluding diaryl/α,β-unsaturated/α-hetero) is 1. The molecular weight excluding hydrogens is 374 g/mol. The summed E-state index contributed by atoms with van der Waals surface area (Å²) in [6, 6.07) is 25.8. The maximum absolute atomic E-state index is 13.4. The third-order valence-electron chi connectivity index (χ3n) is 5.62. The van der Waals surface area contributed by atoms with Crippen LogP contribution in [0.25, 0.3) is 10.9 Å². The van der Waals surface area contributed by atoms with Crippen LogP contribution in [-0.2, 0) is 6.42 Å². The van der Waals surface area contributed by atoms with Gasteiger partial charge in [-0.05, 0) is 17.7 Å². The molecule has 3 aromatic carbocycles. The average molecular weight is 395 g/mol. The molecule has 0 amide bonds. The fraction of sp³-hybridized carbons (Fsp3) is 0.160. The van der Waals surface area contributed by atoms with Crippen LogP contribution in [0.1, 0.15) is 34.7 Å². The highest BCUT2D eigenvalue weighted by molar-refractivity contribution is 6.05. The quantitative estimate of drug-likeness (QED) is 0.380. The lowest BCUT2D eigenvalue weighted by Crippen LogP contribution is -2.35. The number of nitrogens with zero attached hydrogens (tertiary/aromatic N) is 3. The van der Waals surface area contributed by atoms with Crippen LogP contribution in [0.3, 0.4) is 0 Å². The van der Waals surface area contributed by atoms with Gasteiger partial charge in [0.15, 0.2) is 5.78 Å². The van der Waals surface area contributed by atoms with Crippen molar-refractivity contribution in [2.75, 3.05) is 5.01 Å². The number of rotatable bonds is 5. The molecule has 148 valence electrons. The molecule has 1 aliphatic heterocycles. The van der Waals surface area contributed by atoms with Crippen molar-refractivity contribution < 1.29 is 4.79 Å². The first-order valence-electron chi connectivity index (χ1n) is 10.1. The largest absolute Gasteiger partial charge is 0.292 e. The fourth-order valence-electron chi connectivity index (χ4n) is 4.13. The Balaban J connectivity index is 1.67. The second kappa shape index (κ2) is 7.26. The van der Waals surface area contributed by atoms with Crippen LogP contribution in [-0.4, -0.2) is 21.5 Å². The van der Waals surface area contributed by atoms with Crippen molar-refractivity contribution in [2.45, 2.75) is 25.4 Å². The molecule has 1 saturated heterocycles. The number of carbonyl (C=O) groups is 1. The molecule has 0 spiro atoms. The molecule has 0 aliphatic carbocycles. The molecule has 0 saturated carbocycles. The summed E-state index contributed by atoms with van der Waals surface area (Å²) in [5.41, 5.74) is 2.20. The number of hydrogen-bond acceptors (Lipinski definition) is 4. The topological polar surface area (TPSA) is 55.0 Å². The van der Waals surface area contributed by atoms with Gasteiger partial charge in [0.25, 0.3) is 5.56 Å². The number of aromatic nitrogens is 2. The van der Waals surface area contributed by atoms with Crippen LogP contribution in [0.4, 0.5) is 0 Å². The molecule has 0 bridgehead atoms. The van der Waals surface area contributed by atoms with E-state index in [1.165, 1.54) is 0 Å². The van der Waals surface area contributed by atoms with E-state index in [2.05, 4.69) is 0 Å². The monoisotopic (exact) mass is 395 g/mol. The molecule has 1 aromatic heterocycles. The highest BCUT2D eigenvalue weighted by Gasteiger charge is 2.55. The molecule has 0 radical (unpaired) electrons. The van der Waals surface area contributed by atoms with E-state index in [1.54, 1.807) is 10.7 Å². The lowest BCUT2D eigenvalue weighted by atomic mass is 10.0. The molecule has 4 aromatic rings. The van der Waals surface area contributed by atoms with Crippen molar-refractivity contribution in [2.24, 2.45) is 0 Å². The van der Waals surface area contributed by atoms with E-state index in [9.17, 15) is 9.59 Å². The van der Waals surface area contributed by atoms with Gasteiger partial charge in [-0.15, -0.1) is 0 Å². The second-order valence-corrected chi connectivity index (χ2v) is 7.43. The van der Waals surface area contributed by atoms with Gasteiger partial charge in [0, 0.05) is 12.0 Å². The van der Waals surface area contributed by atoms with Crippen LogP contribution in [0.15, 0.2) is 89.7 Å². The summed E-state index contributed by atoms with van der Waals surface area (Å²) in [6.45, 7) is 1.97. The van der Waals surface area contributed by atoms with Gasteiger partial charge in [-0.25, -0.2) is 9.66 Å². The van der Waals surface area contributed by atoms with E-state index in [-0.39, 0.29) is 17.4 Å². The van der Waals surface area contributed by atoms with Gasteiger partial charge < -0.3 is 0 Å². The van der Waals surface area contributed by atoms with Crippen LogP contribution in [0.2, 0.25) is 0 Å². The van der Waals surface area contributed by atoms with Gasteiger partial charge in [0.2, 0.25) is 0 Å². The molecule has 5 rings (SSSR count). The van der Waals surface area contributed by atoms with Gasteiger partial charge in [0.05, 0.1) is 10.9 Å². The van der Waals surface area contributed by atoms with Crippen LogP contribution in [0.5, 0.6) is 0 Å². The fourth-order valence-corrected chi connectivity index (χ4v) is 4.13. The van der Waals surface area contributed by atoms with E-state index in [1.807, 2.05) is 90.8 Å². The molecule has 1 fully saturated rings. The van der Waals surface area contributed by atoms with E-state index < -0.39 is 6.04 Å². The minimum Gasteiger partial charge on any atom is -0.292 e. The summed E-state index contributed by atoms with van der Waals surface area (Å²) >= 11 is 0. The summed E-state index contributed by atoms with van der Waals surface area (Å²) in [6.07, 6.45) is 0.588. The summed E-state index contributed by atoms with van der Waals surface area (Å²) in [7, 11) is 0. The minimum atomic E-state index is -0.444. The normalized spacial score (nSPS) is 17.8. The standard InChI is InChI=1S/C25H21N3O2/c1-2-21-26-20-16-10-9-15-19(20)25(30)27(21)28-22(17-11-5-3-6-12-17)23(28)24(29)18-13-7-4-8-14-18/h3-16,22-23H,2H2,1H3. The third kappa shape index (κ3) is 2.90. The Morgan fingerprint density at radius 1 is 0.900 bits per heavy atom. The number of benzene rings is 3. The summed E-state index contributed by atoms with van der Waals surface area (Å²) in [5, 5.41) is 2.44. The Morgan fingerprint density at radius 2 is 1.53 bits per heavy atom. The van der Waals surface area contributed by atoms with Gasteiger partial charge in [-0.3, -0.25) is 14.6 Å². The SMILES string of the molecule is CCc1nc2ccccc2c(=O)n1N1C(C(=O)c2ccccc2)C1c1ccccc1. The molecule has 30 heavy (non-hydrogen) atoms. The summed E-state index contributed by atoms with van der Waals surface area (Å²) in [5.74, 6) is 0.662. The maximum Gasteiger partial charge on any atom is 0.280 e. The Morgan fingerprint density at radius 3 is 2.23 bits per heavy atom. The van der Waals surface area contributed by atoms with E-state index in [4.69, 9.17) is 4.98 Å². The maximum atomic E-state index is 13.4. The van der Waals surface area contributed by atoms with Crippen molar-refractivity contribution in [3.63, 3.8) is 0 Å². The Bertz CT molecular complexity index is 1280. The number of aryl methyl sites for hydroxylation is 1. The first-order valence-corrected chi connectivity index (χ1v) is 10.1. The highest BCUT2D eigenvalue weighted by atomic mass is 16.2. The number of para-hydroxylation sites is 1. The van der Waals surface area contributed by atoms with Crippen LogP contribution >= 0.6 is 0 Å². The van der Waals surface area contributed by atoms with E-state index >= 15 is 0 Å². The van der Waals surface area contributed by atoms with Gasteiger partial charge >= 0.3 is 0 Å². The smallest absolute Gasteiger partial charge is 0.280 e. The van der Waals surface area contributed by atoms with Gasteiger partial charge in [-0.1, -0.05) is 79.7 Å². The number of fused-ring (bicyclic) bond motifs is 1. The molecule has 2 unspecified atom stereocenters. The third-order valence-corrected chi connectivity index (χ3v) is 5.62. The molecule has 2 atom stereocenters. The van der Waals surface area contributed by atoms with Crippen molar-refractivity contribution in [1.29, 1.82) is 0 Å². The minimum absolute atomic E-state index is 0.00608. The van der Waals surface area contributed by atoms with Gasteiger partial charge in [-0.2, -0.15) is 0 Å². The van der Waals surface area contributed by atoms with E-state index in [0.29, 0.717) is 28.7 Å². The molecule has 5 heteroatoms. The van der Waals surface area contributed by atoms with Crippen molar-refractivity contribution in [1.82, 2.24) is 9.66 Å². The number of carbonyl (C=O) groups excluding carboxylic acids is 1. The zero-order valence-electron chi connectivity index (χ0n) is 16.6. The van der Waals surface area contributed by atoms with E-state index in [0.717, 1.165) is 5.56 Å². The Labute approximate surface area is 174 Å².